The van der Waals surface area contributed by atoms with Crippen LogP contribution in [0.5, 0.6) is 11.5 Å². The molecule has 2 aliphatic carbocycles. The quantitative estimate of drug-likeness (QED) is 0.794. The molecule has 0 aromatic heterocycles. The highest BCUT2D eigenvalue weighted by Crippen LogP contribution is 2.62. The number of rotatable bonds is 1. The molecular formula is C18H21NO3. The van der Waals surface area contributed by atoms with Crippen LogP contribution in [0, 0.1) is 5.89 Å². The number of hydrogen-bond donors (Lipinski definition) is 0. The number of methoxy groups -OCH3 is 1. The highest BCUT2D eigenvalue weighted by atomic mass is 16.5. The zero-order valence-electron chi connectivity index (χ0n) is 15.9. The van der Waals surface area contributed by atoms with E-state index in [2.05, 4.69) is 4.90 Å². The smallest absolute Gasteiger partial charge is 0.174 e. The van der Waals surface area contributed by atoms with Crippen molar-refractivity contribution < 1.29 is 18.4 Å². The van der Waals surface area contributed by atoms with Gasteiger partial charge in [-0.3, -0.25) is 4.79 Å². The van der Waals surface area contributed by atoms with Crippen LogP contribution < -0.4 is 9.47 Å². The molecule has 1 aromatic carbocycles. The number of likely N-dealkylation sites (tertiary alicyclic amines) is 1. The molecule has 4 aliphatic rings. The topological polar surface area (TPSA) is 38.8 Å². The van der Waals surface area contributed by atoms with E-state index in [1.807, 2.05) is 7.05 Å². The zero-order chi connectivity index (χ0) is 17.7. The maximum Gasteiger partial charge on any atom is 0.174 e. The summed E-state index contributed by atoms with van der Waals surface area (Å²) >= 11 is 0. The number of carbonyl (C=O) groups excluding carboxylic acids is 1. The van der Waals surface area contributed by atoms with Crippen molar-refractivity contribution in [1.82, 2.24) is 4.90 Å². The van der Waals surface area contributed by atoms with Gasteiger partial charge in [-0.2, -0.15) is 0 Å². The van der Waals surface area contributed by atoms with Crippen LogP contribution in [-0.4, -0.2) is 43.5 Å². The fraction of sp³-hybridized carbons (Fsp3) is 0.611. The number of ketones is 1. The molecule has 0 N–H and O–H groups in total. The maximum absolute atomic E-state index is 12.8. The molecule has 1 saturated heterocycles. The number of nitrogens with zero attached hydrogens (tertiary/aromatic N) is 1. The lowest BCUT2D eigenvalue weighted by Crippen LogP contribution is -2.65. The molecule has 2 aliphatic heterocycles. The average Bonchev–Trinajstić information content (AvgIpc) is 2.92. The van der Waals surface area contributed by atoms with Crippen LogP contribution in [0.2, 0.25) is 0 Å². The van der Waals surface area contributed by atoms with Gasteiger partial charge in [0.25, 0.3) is 0 Å². The van der Waals surface area contributed by atoms with Gasteiger partial charge in [0.15, 0.2) is 23.4 Å². The Hall–Kier alpha value is -1.55. The van der Waals surface area contributed by atoms with E-state index in [9.17, 15) is 6.17 Å². The van der Waals surface area contributed by atoms with Gasteiger partial charge in [0.2, 0.25) is 0 Å². The van der Waals surface area contributed by atoms with Gasteiger partial charge >= 0.3 is 0 Å². The van der Waals surface area contributed by atoms with Crippen LogP contribution >= 0.6 is 0 Å². The number of benzene rings is 1. The lowest BCUT2D eigenvalue weighted by molar-refractivity contribution is -0.138. The van der Waals surface area contributed by atoms with E-state index in [-0.39, 0.29) is 29.7 Å². The first kappa shape index (κ1) is 10.3. The van der Waals surface area contributed by atoms with Crippen LogP contribution in [0.4, 0.5) is 0 Å². The highest BCUT2D eigenvalue weighted by molar-refractivity contribution is 5.89. The summed E-state index contributed by atoms with van der Waals surface area (Å²) in [6.45, 7) is 0.801. The monoisotopic (exact) mass is 302 g/mol. The maximum atomic E-state index is 12.8. The van der Waals surface area contributed by atoms with E-state index >= 15 is 0 Å². The minimum atomic E-state index is -0.808. The molecule has 0 amide bonds. The van der Waals surface area contributed by atoms with E-state index in [0.29, 0.717) is 31.4 Å². The van der Waals surface area contributed by atoms with Gasteiger partial charge in [-0.05, 0) is 50.4 Å². The van der Waals surface area contributed by atoms with Crippen molar-refractivity contribution in [3.05, 3.63) is 23.2 Å². The van der Waals surface area contributed by atoms with Crippen molar-refractivity contribution in [3.8, 4) is 11.5 Å². The Kier molecular flexibility index (Phi) is 1.89. The second kappa shape index (κ2) is 4.05. The second-order valence-electron chi connectivity index (χ2n) is 6.88. The molecule has 1 spiro atoms. The summed E-state index contributed by atoms with van der Waals surface area (Å²) in [5.41, 5.74) is 0.888. The van der Waals surface area contributed by atoms with Gasteiger partial charge in [-0.15, -0.1) is 0 Å². The summed E-state index contributed by atoms with van der Waals surface area (Å²) in [6.07, 6.45) is 1.42. The molecule has 0 radical (unpaired) electrons. The second-order valence-corrected chi connectivity index (χ2v) is 6.88. The normalized spacial score (nSPS) is 43.7. The number of carbonyl (C=O) groups is 1. The predicted octanol–water partition coefficient (Wildman–Crippen LogP) is 1.93. The first-order valence-corrected chi connectivity index (χ1v) is 7.97. The summed E-state index contributed by atoms with van der Waals surface area (Å²) in [6, 6.07) is 0.104. The van der Waals surface area contributed by atoms with Crippen molar-refractivity contribution in [3.63, 3.8) is 0 Å². The Morgan fingerprint density at radius 1 is 1.55 bits per heavy atom. The van der Waals surface area contributed by atoms with Crippen molar-refractivity contribution in [2.75, 3.05) is 20.7 Å². The summed E-state index contributed by atoms with van der Waals surface area (Å²) in [7, 11) is 3.49. The molecule has 116 valence electrons. The van der Waals surface area contributed by atoms with E-state index in [1.165, 1.54) is 7.11 Å². The van der Waals surface area contributed by atoms with Crippen LogP contribution in [0.15, 0.2) is 12.1 Å². The number of likely N-dealkylation sites (N-methyl/N-ethyl adjacent to an activating group) is 1. The average molecular weight is 302 g/mol. The van der Waals surface area contributed by atoms with Gasteiger partial charge in [0, 0.05) is 24.8 Å². The molecular weight excluding hydrogens is 278 g/mol. The van der Waals surface area contributed by atoms with Crippen LogP contribution in [0.25, 0.3) is 0 Å². The molecule has 1 aromatic rings. The Morgan fingerprint density at radius 2 is 2.41 bits per heavy atom. The first-order valence-electron chi connectivity index (χ1n) is 9.47. The van der Waals surface area contributed by atoms with Crippen molar-refractivity contribution >= 4 is 5.78 Å². The first-order chi connectivity index (χ1) is 11.9. The highest BCUT2D eigenvalue weighted by Gasteiger charge is 2.65. The Bertz CT molecular complexity index is 829. The van der Waals surface area contributed by atoms with E-state index in [4.69, 9.17) is 12.2 Å². The fourth-order valence-electron chi connectivity index (χ4n) is 5.14. The van der Waals surface area contributed by atoms with E-state index in [1.54, 1.807) is 0 Å². The predicted molar refractivity (Wildman–Crippen MR) is 81.6 cm³/mol. The lowest BCUT2D eigenvalue weighted by atomic mass is 9.52. The third kappa shape index (κ3) is 1.27. The van der Waals surface area contributed by atoms with Crippen molar-refractivity contribution in [1.29, 1.82) is 0 Å². The van der Waals surface area contributed by atoms with Gasteiger partial charge in [-0.25, -0.2) is 0 Å². The minimum Gasteiger partial charge on any atom is -0.493 e. The standard InChI is InChI=1S/C18H21NO3/c1-19-8-7-18-11-4-5-13(20)17(18)22-16-14(21-2)6-3-10(15(16)18)9-12(11)19/h3,6,11-12,17H,4-5,7-9H2,1-2H3/t11-,12+,17?,18-/m0/s1/i3D,6D,11D. The van der Waals surface area contributed by atoms with Gasteiger partial charge in [-0.1, -0.05) is 6.04 Å². The third-order valence-electron chi connectivity index (χ3n) is 6.09. The van der Waals surface area contributed by atoms with Crippen LogP contribution in [0.1, 0.15) is 34.5 Å². The van der Waals surface area contributed by atoms with Gasteiger partial charge < -0.3 is 14.4 Å². The Morgan fingerprint density at radius 3 is 3.23 bits per heavy atom. The summed E-state index contributed by atoms with van der Waals surface area (Å²) in [4.78, 5) is 15.0. The molecule has 4 heteroatoms. The molecule has 2 fully saturated rings. The molecule has 5 rings (SSSR count). The number of hydrogen-bond acceptors (Lipinski definition) is 4. The molecule has 22 heavy (non-hydrogen) atoms. The van der Waals surface area contributed by atoms with E-state index < -0.39 is 17.4 Å². The zero-order valence-corrected chi connectivity index (χ0v) is 12.9. The third-order valence-corrected chi connectivity index (χ3v) is 6.09. The van der Waals surface area contributed by atoms with E-state index in [0.717, 1.165) is 17.7 Å². The van der Waals surface area contributed by atoms with Crippen molar-refractivity contribution in [2.45, 2.75) is 43.2 Å². The Labute approximate surface area is 134 Å². The molecule has 4 atom stereocenters. The number of piperidine rings is 1. The number of ether oxygens (including phenoxy) is 2. The van der Waals surface area contributed by atoms with Gasteiger partial charge in [0.05, 0.1) is 9.85 Å². The lowest BCUT2D eigenvalue weighted by Gasteiger charge is -2.57. The fourth-order valence-corrected chi connectivity index (χ4v) is 5.14. The molecule has 1 saturated carbocycles. The largest absolute Gasteiger partial charge is 0.493 e. The van der Waals surface area contributed by atoms with Crippen molar-refractivity contribution in [2.24, 2.45) is 5.89 Å². The number of Topliss-reactive ketones (excluding diaryl/α,β-unsaturated/α-hetero) is 1. The molecule has 4 nitrogen and oxygen atoms in total. The molecule has 2 bridgehead atoms. The summed E-state index contributed by atoms with van der Waals surface area (Å²) < 4.78 is 37.8. The molecule has 2 heterocycles. The SMILES string of the molecule is [2H]c1c([2H])c(OC)c2c3c1C[C@H]1N(C)CC[C@@]34C(O2)C(=O)CC[C@@]14[2H]. The minimum absolute atomic E-state index is 0.0111. The van der Waals surface area contributed by atoms with Gasteiger partial charge in [0.1, 0.15) is 0 Å². The summed E-state index contributed by atoms with van der Waals surface area (Å²) in [5.74, 6) is -0.0913. The summed E-state index contributed by atoms with van der Waals surface area (Å²) in [5, 5.41) is 0. The van der Waals surface area contributed by atoms with Crippen LogP contribution in [0.3, 0.4) is 0 Å². The Balaban J connectivity index is 1.91. The molecule has 1 unspecified atom stereocenters. The van der Waals surface area contributed by atoms with Crippen LogP contribution in [-0.2, 0) is 16.6 Å².